The summed E-state index contributed by atoms with van der Waals surface area (Å²) in [6.07, 6.45) is 0.562. The van der Waals surface area contributed by atoms with Crippen LogP contribution in [0.25, 0.3) is 11.1 Å². The molecule has 1 amide bonds. The third-order valence-corrected chi connectivity index (χ3v) is 3.94. The van der Waals surface area contributed by atoms with Crippen molar-refractivity contribution in [1.82, 2.24) is 4.98 Å². The highest BCUT2D eigenvalue weighted by atomic mass is 16.5. The van der Waals surface area contributed by atoms with Gasteiger partial charge in [-0.1, -0.05) is 61.5 Å². The first-order valence-electron chi connectivity index (χ1n) is 8.53. The number of para-hydroxylation sites is 1. The van der Waals surface area contributed by atoms with Gasteiger partial charge in [-0.2, -0.15) is 4.98 Å². The van der Waals surface area contributed by atoms with Gasteiger partial charge in [-0.3, -0.25) is 4.79 Å². The highest BCUT2D eigenvalue weighted by molar-refractivity contribution is 5.93. The number of amides is 1. The molecule has 0 fully saturated rings. The van der Waals surface area contributed by atoms with Crippen LogP contribution in [-0.2, 0) is 4.79 Å². The zero-order valence-electron chi connectivity index (χ0n) is 14.6. The topological polar surface area (TPSA) is 77.2 Å². The highest BCUT2D eigenvalue weighted by Gasteiger charge is 2.12. The maximum absolute atomic E-state index is 11.9. The molecule has 132 valence electrons. The number of pyridine rings is 1. The molecule has 5 nitrogen and oxygen atoms in total. The van der Waals surface area contributed by atoms with Gasteiger partial charge in [0.2, 0.25) is 11.8 Å². The largest absolute Gasteiger partial charge is 0.438 e. The van der Waals surface area contributed by atoms with Crippen molar-refractivity contribution in [2.24, 2.45) is 5.73 Å². The minimum absolute atomic E-state index is 0.262. The van der Waals surface area contributed by atoms with Crippen molar-refractivity contribution in [2.45, 2.75) is 19.4 Å². The molecule has 1 aromatic heterocycles. The van der Waals surface area contributed by atoms with Crippen LogP contribution < -0.4 is 15.8 Å². The molecule has 0 saturated heterocycles. The monoisotopic (exact) mass is 347 g/mol. The predicted octanol–water partition coefficient (Wildman–Crippen LogP) is 4.22. The molecule has 1 heterocycles. The van der Waals surface area contributed by atoms with Crippen LogP contribution in [0.15, 0.2) is 72.8 Å². The minimum Gasteiger partial charge on any atom is -0.438 e. The lowest BCUT2D eigenvalue weighted by atomic mass is 10.1. The number of aromatic nitrogens is 1. The second-order valence-electron chi connectivity index (χ2n) is 5.83. The van der Waals surface area contributed by atoms with E-state index in [1.54, 1.807) is 18.2 Å². The van der Waals surface area contributed by atoms with Crippen molar-refractivity contribution in [3.05, 3.63) is 72.8 Å². The van der Waals surface area contributed by atoms with Gasteiger partial charge in [-0.15, -0.1) is 0 Å². The minimum atomic E-state index is -0.555. The molecule has 0 radical (unpaired) electrons. The summed E-state index contributed by atoms with van der Waals surface area (Å²) in [5.41, 5.74) is 7.77. The molecule has 0 aliphatic rings. The van der Waals surface area contributed by atoms with Crippen molar-refractivity contribution in [1.29, 1.82) is 0 Å². The van der Waals surface area contributed by atoms with Crippen LogP contribution in [0, 0.1) is 0 Å². The number of benzene rings is 2. The summed E-state index contributed by atoms with van der Waals surface area (Å²) in [7, 11) is 0. The smallest absolute Gasteiger partial charge is 0.242 e. The number of carbonyl (C=O) groups excluding carboxylic acids is 1. The zero-order chi connectivity index (χ0) is 18.4. The van der Waals surface area contributed by atoms with Gasteiger partial charge in [0, 0.05) is 11.6 Å². The molecule has 0 saturated carbocycles. The molecular formula is C21H21N3O2. The Balaban J connectivity index is 1.82. The van der Waals surface area contributed by atoms with E-state index in [9.17, 15) is 4.79 Å². The van der Waals surface area contributed by atoms with E-state index in [-0.39, 0.29) is 5.91 Å². The number of rotatable bonds is 6. The molecule has 26 heavy (non-hydrogen) atoms. The second kappa shape index (κ2) is 8.27. The third-order valence-electron chi connectivity index (χ3n) is 3.94. The van der Waals surface area contributed by atoms with E-state index in [1.165, 1.54) is 0 Å². The lowest BCUT2D eigenvalue weighted by molar-refractivity contribution is -0.117. The quantitative estimate of drug-likeness (QED) is 0.700. The van der Waals surface area contributed by atoms with Crippen LogP contribution in [0.3, 0.4) is 0 Å². The van der Waals surface area contributed by atoms with Crippen molar-refractivity contribution >= 4 is 11.7 Å². The van der Waals surface area contributed by atoms with E-state index < -0.39 is 6.04 Å². The van der Waals surface area contributed by atoms with E-state index >= 15 is 0 Å². The van der Waals surface area contributed by atoms with E-state index in [4.69, 9.17) is 10.5 Å². The molecule has 1 unspecified atom stereocenters. The molecule has 3 aromatic rings. The summed E-state index contributed by atoms with van der Waals surface area (Å²) in [5, 5.41) is 2.71. The van der Waals surface area contributed by atoms with Gasteiger partial charge in [0.25, 0.3) is 0 Å². The number of hydrogen-bond acceptors (Lipinski definition) is 4. The van der Waals surface area contributed by atoms with Crippen molar-refractivity contribution in [3.63, 3.8) is 0 Å². The standard InChI is InChI=1S/C21H21N3O2/c1-2-17(22)21(25)24-19-13-8-14-20(23-19)26-18-12-7-6-11-16(18)15-9-4-3-5-10-15/h3-14,17H,2,22H2,1H3,(H,23,24,25). The summed E-state index contributed by atoms with van der Waals surface area (Å²) in [6, 6.07) is 22.4. The van der Waals surface area contributed by atoms with Crippen LogP contribution in [0.2, 0.25) is 0 Å². The predicted molar refractivity (Wildman–Crippen MR) is 103 cm³/mol. The summed E-state index contributed by atoms with van der Waals surface area (Å²) < 4.78 is 5.98. The first kappa shape index (κ1) is 17.6. The average Bonchev–Trinajstić information content (AvgIpc) is 2.68. The molecule has 3 rings (SSSR count). The average molecular weight is 347 g/mol. The molecule has 0 aliphatic carbocycles. The van der Waals surface area contributed by atoms with E-state index in [2.05, 4.69) is 10.3 Å². The molecule has 5 heteroatoms. The molecule has 1 atom stereocenters. The Morgan fingerprint density at radius 1 is 1.04 bits per heavy atom. The summed E-state index contributed by atoms with van der Waals surface area (Å²) >= 11 is 0. The van der Waals surface area contributed by atoms with Crippen LogP contribution in [0.1, 0.15) is 13.3 Å². The number of nitrogens with zero attached hydrogens (tertiary/aromatic N) is 1. The summed E-state index contributed by atoms with van der Waals surface area (Å²) in [6.45, 7) is 1.86. The second-order valence-corrected chi connectivity index (χ2v) is 5.83. The Morgan fingerprint density at radius 2 is 1.77 bits per heavy atom. The maximum Gasteiger partial charge on any atom is 0.242 e. The third kappa shape index (κ3) is 4.26. The fraction of sp³-hybridized carbons (Fsp3) is 0.143. The first-order valence-corrected chi connectivity index (χ1v) is 8.53. The Labute approximate surface area is 152 Å². The van der Waals surface area contributed by atoms with Gasteiger partial charge >= 0.3 is 0 Å². The fourth-order valence-electron chi connectivity index (χ4n) is 2.47. The van der Waals surface area contributed by atoms with Crippen molar-refractivity contribution < 1.29 is 9.53 Å². The van der Waals surface area contributed by atoms with Gasteiger partial charge < -0.3 is 15.8 Å². The zero-order valence-corrected chi connectivity index (χ0v) is 14.6. The number of nitrogens with one attached hydrogen (secondary N) is 1. The van der Waals surface area contributed by atoms with E-state index in [0.717, 1.165) is 11.1 Å². The molecule has 0 bridgehead atoms. The number of carbonyl (C=O) groups is 1. The van der Waals surface area contributed by atoms with Gasteiger partial charge in [-0.25, -0.2) is 0 Å². The van der Waals surface area contributed by atoms with Crippen LogP contribution >= 0.6 is 0 Å². The fourth-order valence-corrected chi connectivity index (χ4v) is 2.47. The van der Waals surface area contributed by atoms with Crippen LogP contribution in [-0.4, -0.2) is 16.9 Å². The Bertz CT molecular complexity index is 881. The molecule has 0 spiro atoms. The molecular weight excluding hydrogens is 326 g/mol. The normalized spacial score (nSPS) is 11.6. The van der Waals surface area contributed by atoms with Crippen LogP contribution in [0.4, 0.5) is 5.82 Å². The van der Waals surface area contributed by atoms with Crippen molar-refractivity contribution in [3.8, 4) is 22.8 Å². The Hall–Kier alpha value is -3.18. The summed E-state index contributed by atoms with van der Waals surface area (Å²) in [5.74, 6) is 1.24. The van der Waals surface area contributed by atoms with Gasteiger partial charge in [0.1, 0.15) is 11.6 Å². The lowest BCUT2D eigenvalue weighted by Crippen LogP contribution is -2.35. The number of ether oxygens (including phenoxy) is 1. The SMILES string of the molecule is CCC(N)C(=O)Nc1cccc(Oc2ccccc2-c2ccccc2)n1. The highest BCUT2D eigenvalue weighted by Crippen LogP contribution is 2.32. The number of nitrogens with two attached hydrogens (primary N) is 1. The van der Waals surface area contributed by atoms with Gasteiger partial charge in [-0.05, 0) is 24.1 Å². The van der Waals surface area contributed by atoms with E-state index in [1.807, 2.05) is 61.5 Å². The first-order chi connectivity index (χ1) is 12.7. The van der Waals surface area contributed by atoms with Crippen molar-refractivity contribution in [2.75, 3.05) is 5.32 Å². The molecule has 0 aliphatic heterocycles. The Morgan fingerprint density at radius 3 is 2.54 bits per heavy atom. The summed E-state index contributed by atoms with van der Waals surface area (Å²) in [4.78, 5) is 16.3. The van der Waals surface area contributed by atoms with Crippen LogP contribution in [0.5, 0.6) is 11.6 Å². The van der Waals surface area contributed by atoms with Gasteiger partial charge in [0.05, 0.1) is 6.04 Å². The number of anilines is 1. The Kier molecular flexibility index (Phi) is 5.61. The molecule has 3 N–H and O–H groups in total. The van der Waals surface area contributed by atoms with E-state index in [0.29, 0.717) is 23.9 Å². The maximum atomic E-state index is 11.9. The van der Waals surface area contributed by atoms with Gasteiger partial charge in [0.15, 0.2) is 0 Å². The lowest BCUT2D eigenvalue weighted by Gasteiger charge is -2.12. The molecule has 2 aromatic carbocycles. The number of hydrogen-bond donors (Lipinski definition) is 2.